The SMILES string of the molecule is [2H]c1cc(-c2ccccc2)c(-n2c3ccccc3c3cc(-n4c5ccccc5c5ccccc54)ccc32)c(-c2ccccc2)c1. The molecule has 0 saturated heterocycles. The minimum atomic E-state index is 0.492. The molecule has 0 fully saturated rings. The van der Waals surface area contributed by atoms with E-state index in [9.17, 15) is 0 Å². The highest BCUT2D eigenvalue weighted by Gasteiger charge is 2.20. The van der Waals surface area contributed by atoms with Crippen LogP contribution in [0.25, 0.3) is 77.2 Å². The van der Waals surface area contributed by atoms with E-state index in [0.717, 1.165) is 44.7 Å². The van der Waals surface area contributed by atoms with Gasteiger partial charge in [-0.15, -0.1) is 0 Å². The van der Waals surface area contributed by atoms with Crippen LogP contribution < -0.4 is 0 Å². The standard InChI is InChI=1S/C42H28N2/c1-3-14-29(15-4-1)32-21-13-22-33(30-16-5-2-6-17-30)42(32)44-40-25-12-9-20-36(40)37-28-31(26-27-41(37)44)43-38-23-10-7-18-34(38)35-19-8-11-24-39(35)43/h1-28H/i13D. The van der Waals surface area contributed by atoms with Gasteiger partial charge in [0.15, 0.2) is 0 Å². The van der Waals surface area contributed by atoms with Crippen LogP contribution in [0.1, 0.15) is 1.37 Å². The van der Waals surface area contributed by atoms with Gasteiger partial charge in [0.2, 0.25) is 0 Å². The molecule has 206 valence electrons. The topological polar surface area (TPSA) is 9.86 Å². The van der Waals surface area contributed by atoms with Crippen molar-refractivity contribution in [3.05, 3.63) is 170 Å². The summed E-state index contributed by atoms with van der Waals surface area (Å²) in [6.45, 7) is 0. The number of aromatic nitrogens is 2. The number of fused-ring (bicyclic) bond motifs is 6. The lowest BCUT2D eigenvalue weighted by molar-refractivity contribution is 1.17. The highest BCUT2D eigenvalue weighted by molar-refractivity contribution is 6.13. The fourth-order valence-electron chi connectivity index (χ4n) is 6.95. The first-order valence-corrected chi connectivity index (χ1v) is 15.0. The van der Waals surface area contributed by atoms with Crippen molar-refractivity contribution in [3.8, 4) is 33.6 Å². The summed E-state index contributed by atoms with van der Waals surface area (Å²) in [6, 6.07) is 58.3. The number of hydrogen-bond acceptors (Lipinski definition) is 0. The fraction of sp³-hybridized carbons (Fsp3) is 0. The Morgan fingerprint density at radius 1 is 0.364 bits per heavy atom. The third kappa shape index (κ3) is 3.68. The van der Waals surface area contributed by atoms with Gasteiger partial charge < -0.3 is 9.13 Å². The molecule has 0 radical (unpaired) electrons. The molecule has 0 atom stereocenters. The summed E-state index contributed by atoms with van der Waals surface area (Å²) in [5.74, 6) is 0. The Hall–Kier alpha value is -5.86. The van der Waals surface area contributed by atoms with Crippen LogP contribution in [0, 0.1) is 0 Å². The Labute approximate surface area is 257 Å². The molecule has 0 aliphatic heterocycles. The average Bonchev–Trinajstić information content (AvgIpc) is 3.61. The van der Waals surface area contributed by atoms with Crippen molar-refractivity contribution >= 4 is 43.6 Å². The van der Waals surface area contributed by atoms with Gasteiger partial charge in [0.05, 0.1) is 29.1 Å². The van der Waals surface area contributed by atoms with Gasteiger partial charge in [-0.25, -0.2) is 0 Å². The number of para-hydroxylation sites is 4. The number of benzene rings is 7. The largest absolute Gasteiger partial charge is 0.309 e. The second-order valence-corrected chi connectivity index (χ2v) is 11.3. The highest BCUT2D eigenvalue weighted by Crippen LogP contribution is 2.42. The van der Waals surface area contributed by atoms with Crippen LogP contribution in [-0.2, 0) is 0 Å². The van der Waals surface area contributed by atoms with Gasteiger partial charge in [0.25, 0.3) is 0 Å². The van der Waals surface area contributed by atoms with Gasteiger partial charge in [-0.05, 0) is 47.5 Å². The van der Waals surface area contributed by atoms with Gasteiger partial charge in [0, 0.05) is 38.4 Å². The quantitative estimate of drug-likeness (QED) is 0.202. The molecular weight excluding hydrogens is 532 g/mol. The van der Waals surface area contributed by atoms with Crippen LogP contribution in [0.15, 0.2) is 170 Å². The third-order valence-electron chi connectivity index (χ3n) is 8.85. The monoisotopic (exact) mass is 561 g/mol. The first-order valence-electron chi connectivity index (χ1n) is 15.5. The van der Waals surface area contributed by atoms with Crippen LogP contribution in [0.5, 0.6) is 0 Å². The van der Waals surface area contributed by atoms with E-state index >= 15 is 0 Å². The highest BCUT2D eigenvalue weighted by atomic mass is 15.0. The minimum absolute atomic E-state index is 0.492. The number of hydrogen-bond donors (Lipinski definition) is 0. The lowest BCUT2D eigenvalue weighted by Crippen LogP contribution is -2.01. The van der Waals surface area contributed by atoms with Gasteiger partial charge in [0.1, 0.15) is 0 Å². The minimum Gasteiger partial charge on any atom is -0.309 e. The van der Waals surface area contributed by atoms with Crippen LogP contribution >= 0.6 is 0 Å². The molecule has 7 aromatic carbocycles. The lowest BCUT2D eigenvalue weighted by atomic mass is 9.95. The maximum absolute atomic E-state index is 8.85. The molecule has 0 aliphatic carbocycles. The predicted molar refractivity (Wildman–Crippen MR) is 186 cm³/mol. The molecule has 0 unspecified atom stereocenters. The van der Waals surface area contributed by atoms with E-state index in [1.807, 2.05) is 24.3 Å². The van der Waals surface area contributed by atoms with E-state index in [-0.39, 0.29) is 0 Å². The molecule has 0 N–H and O–H groups in total. The normalized spacial score (nSPS) is 12.0. The molecule has 0 bridgehead atoms. The Kier molecular flexibility index (Phi) is 5.31. The second-order valence-electron chi connectivity index (χ2n) is 11.3. The summed E-state index contributed by atoms with van der Waals surface area (Å²) in [5, 5.41) is 4.90. The molecule has 44 heavy (non-hydrogen) atoms. The summed E-state index contributed by atoms with van der Waals surface area (Å²) in [5.41, 5.74) is 11.1. The smallest absolute Gasteiger partial charge is 0.0623 e. The maximum Gasteiger partial charge on any atom is 0.0623 e. The van der Waals surface area contributed by atoms with Crippen molar-refractivity contribution in [2.75, 3.05) is 0 Å². The zero-order chi connectivity index (χ0) is 29.9. The van der Waals surface area contributed by atoms with Crippen LogP contribution in [0.3, 0.4) is 0 Å². The van der Waals surface area contributed by atoms with Crippen molar-refractivity contribution in [2.24, 2.45) is 0 Å². The van der Waals surface area contributed by atoms with Gasteiger partial charge >= 0.3 is 0 Å². The summed E-state index contributed by atoms with van der Waals surface area (Å²) in [4.78, 5) is 0. The zero-order valence-corrected chi connectivity index (χ0v) is 24.0. The molecule has 2 aromatic heterocycles. The second kappa shape index (κ2) is 9.86. The van der Waals surface area contributed by atoms with Crippen molar-refractivity contribution in [1.82, 2.24) is 9.13 Å². The molecule has 9 rings (SSSR count). The van der Waals surface area contributed by atoms with E-state index in [2.05, 4.69) is 149 Å². The van der Waals surface area contributed by atoms with Crippen molar-refractivity contribution in [2.45, 2.75) is 0 Å². The Balaban J connectivity index is 1.40. The summed E-state index contributed by atoms with van der Waals surface area (Å²) in [7, 11) is 0. The van der Waals surface area contributed by atoms with Crippen LogP contribution in [0.2, 0.25) is 0 Å². The molecule has 0 saturated carbocycles. The Morgan fingerprint density at radius 3 is 1.34 bits per heavy atom. The number of rotatable bonds is 4. The zero-order valence-electron chi connectivity index (χ0n) is 25.0. The summed E-state index contributed by atoms with van der Waals surface area (Å²) in [6.07, 6.45) is 0. The number of nitrogens with zero attached hydrogens (tertiary/aromatic N) is 2. The fourth-order valence-corrected chi connectivity index (χ4v) is 6.95. The first kappa shape index (κ1) is 23.7. The van der Waals surface area contributed by atoms with Crippen molar-refractivity contribution in [3.63, 3.8) is 0 Å². The van der Waals surface area contributed by atoms with Gasteiger partial charge in [-0.3, -0.25) is 0 Å². The third-order valence-corrected chi connectivity index (χ3v) is 8.85. The Morgan fingerprint density at radius 2 is 0.795 bits per heavy atom. The van der Waals surface area contributed by atoms with E-state index in [0.29, 0.717) is 6.04 Å². The molecule has 9 aromatic rings. The summed E-state index contributed by atoms with van der Waals surface area (Å²) < 4.78 is 13.6. The molecule has 2 nitrogen and oxygen atoms in total. The predicted octanol–water partition coefficient (Wildman–Crippen LogP) is 11.2. The van der Waals surface area contributed by atoms with Gasteiger partial charge in [-0.2, -0.15) is 0 Å². The average molecular weight is 562 g/mol. The molecule has 0 spiro atoms. The molecule has 0 aliphatic rings. The molecule has 2 heteroatoms. The van der Waals surface area contributed by atoms with E-state index in [1.54, 1.807) is 0 Å². The van der Waals surface area contributed by atoms with E-state index in [4.69, 9.17) is 1.37 Å². The lowest BCUT2D eigenvalue weighted by Gasteiger charge is -2.19. The van der Waals surface area contributed by atoms with Crippen molar-refractivity contribution < 1.29 is 1.37 Å². The summed E-state index contributed by atoms with van der Waals surface area (Å²) >= 11 is 0. The van der Waals surface area contributed by atoms with Crippen LogP contribution in [-0.4, -0.2) is 9.13 Å². The van der Waals surface area contributed by atoms with Crippen LogP contribution in [0.4, 0.5) is 0 Å². The molecular formula is C42H28N2. The Bertz CT molecular complexity index is 2420. The molecule has 2 heterocycles. The van der Waals surface area contributed by atoms with Crippen molar-refractivity contribution in [1.29, 1.82) is 0 Å². The molecule has 0 amide bonds. The first-order chi connectivity index (χ1) is 22.3. The van der Waals surface area contributed by atoms with Gasteiger partial charge in [-0.1, -0.05) is 133 Å². The maximum atomic E-state index is 8.85. The van der Waals surface area contributed by atoms with E-state index < -0.39 is 0 Å². The van der Waals surface area contributed by atoms with E-state index in [1.165, 1.54) is 32.6 Å².